The molecule has 0 aliphatic rings. The van der Waals surface area contributed by atoms with Crippen molar-refractivity contribution in [2.75, 3.05) is 6.61 Å². The van der Waals surface area contributed by atoms with E-state index < -0.39 is 0 Å². The van der Waals surface area contributed by atoms with Gasteiger partial charge in [-0.1, -0.05) is 17.3 Å². The maximum absolute atomic E-state index is 5.24. The first-order valence-electron chi connectivity index (χ1n) is 3.09. The largest absolute Gasteiger partial charge is 0.416 e. The molecule has 0 amide bonds. The topological polar surface area (TPSA) is 9.23 Å². The number of allylic oxidation sites excluding steroid dienone is 1. The number of hydrogen-bond donors (Lipinski definition) is 0. The summed E-state index contributed by atoms with van der Waals surface area (Å²) in [6.45, 7) is 8.43. The van der Waals surface area contributed by atoms with Gasteiger partial charge >= 0.3 is 0 Å². The van der Waals surface area contributed by atoms with Crippen molar-refractivity contribution in [3.8, 4) is 0 Å². The van der Waals surface area contributed by atoms with Crippen molar-refractivity contribution in [1.82, 2.24) is 0 Å². The fourth-order valence-corrected chi connectivity index (χ4v) is 1.13. The molecule has 2 heteroatoms. The van der Waals surface area contributed by atoms with Crippen molar-refractivity contribution in [3.63, 3.8) is 0 Å². The molecule has 0 aliphatic carbocycles. The van der Waals surface area contributed by atoms with Crippen LogP contribution in [0.25, 0.3) is 0 Å². The third-order valence-electron chi connectivity index (χ3n) is 0.845. The molecule has 0 atom stereocenters. The van der Waals surface area contributed by atoms with Crippen molar-refractivity contribution in [2.24, 2.45) is 0 Å². The Labute approximate surface area is 59.4 Å². The van der Waals surface area contributed by atoms with Crippen molar-refractivity contribution in [2.45, 2.75) is 13.8 Å². The Morgan fingerprint density at radius 3 is 2.78 bits per heavy atom. The average Bonchev–Trinajstić information content (AvgIpc) is 1.80. The normalized spacial score (nSPS) is 10.0. The van der Waals surface area contributed by atoms with Gasteiger partial charge in [0.15, 0.2) is 9.76 Å². The number of hydrogen-bond acceptors (Lipinski definition) is 1. The van der Waals surface area contributed by atoms with E-state index in [1.54, 1.807) is 6.08 Å². The van der Waals surface area contributed by atoms with Gasteiger partial charge in [-0.05, 0) is 13.8 Å². The third-order valence-corrected chi connectivity index (χ3v) is 2.30. The molecule has 0 spiro atoms. The molecule has 0 aromatic carbocycles. The Morgan fingerprint density at radius 2 is 2.33 bits per heavy atom. The van der Waals surface area contributed by atoms with Crippen molar-refractivity contribution >= 4 is 9.76 Å². The highest BCUT2D eigenvalue weighted by Crippen LogP contribution is 1.85. The lowest BCUT2D eigenvalue weighted by molar-refractivity contribution is 0.392. The SMILES string of the molecule is C=CCO[SiH2]C=C(C)C. The lowest BCUT2D eigenvalue weighted by Crippen LogP contribution is -1.94. The van der Waals surface area contributed by atoms with Crippen LogP contribution in [-0.4, -0.2) is 16.4 Å². The van der Waals surface area contributed by atoms with Crippen LogP contribution in [0.15, 0.2) is 23.9 Å². The zero-order valence-electron chi connectivity index (χ0n) is 6.18. The first kappa shape index (κ1) is 8.66. The molecule has 0 radical (unpaired) electrons. The molecule has 9 heavy (non-hydrogen) atoms. The van der Waals surface area contributed by atoms with Crippen LogP contribution in [0.3, 0.4) is 0 Å². The van der Waals surface area contributed by atoms with E-state index in [9.17, 15) is 0 Å². The van der Waals surface area contributed by atoms with E-state index in [4.69, 9.17) is 4.43 Å². The fourth-order valence-electron chi connectivity index (χ4n) is 0.377. The van der Waals surface area contributed by atoms with Gasteiger partial charge in [-0.15, -0.1) is 6.58 Å². The second-order valence-electron chi connectivity index (χ2n) is 2.11. The highest BCUT2D eigenvalue weighted by molar-refractivity contribution is 6.34. The summed E-state index contributed by atoms with van der Waals surface area (Å²) in [5.41, 5.74) is 3.54. The van der Waals surface area contributed by atoms with Crippen LogP contribution in [0.2, 0.25) is 0 Å². The van der Waals surface area contributed by atoms with Crippen molar-refractivity contribution < 1.29 is 4.43 Å². The molecule has 52 valence electrons. The predicted molar refractivity (Wildman–Crippen MR) is 44.1 cm³/mol. The average molecular weight is 142 g/mol. The van der Waals surface area contributed by atoms with Gasteiger partial charge in [0.1, 0.15) is 0 Å². The zero-order valence-corrected chi connectivity index (χ0v) is 7.60. The summed E-state index contributed by atoms with van der Waals surface area (Å²) in [5.74, 6) is 0. The molecule has 0 aliphatic heterocycles. The summed E-state index contributed by atoms with van der Waals surface area (Å²) < 4.78 is 5.24. The van der Waals surface area contributed by atoms with E-state index >= 15 is 0 Å². The summed E-state index contributed by atoms with van der Waals surface area (Å²) >= 11 is 0. The van der Waals surface area contributed by atoms with Crippen molar-refractivity contribution in [1.29, 1.82) is 0 Å². The van der Waals surface area contributed by atoms with Crippen LogP contribution in [0.1, 0.15) is 13.8 Å². The van der Waals surface area contributed by atoms with Crippen LogP contribution < -0.4 is 0 Å². The molecule has 0 rings (SSSR count). The van der Waals surface area contributed by atoms with Gasteiger partial charge in [-0.3, -0.25) is 0 Å². The molecule has 0 aromatic rings. The Balaban J connectivity index is 3.09. The highest BCUT2D eigenvalue weighted by Gasteiger charge is 1.79. The van der Waals surface area contributed by atoms with Crippen LogP contribution in [0.4, 0.5) is 0 Å². The molecule has 1 nitrogen and oxygen atoms in total. The van der Waals surface area contributed by atoms with Crippen LogP contribution in [-0.2, 0) is 4.43 Å². The van der Waals surface area contributed by atoms with Crippen LogP contribution in [0.5, 0.6) is 0 Å². The zero-order chi connectivity index (χ0) is 7.11. The molecule has 0 N–H and O–H groups in total. The van der Waals surface area contributed by atoms with E-state index in [-0.39, 0.29) is 9.76 Å². The molecule has 0 unspecified atom stereocenters. The van der Waals surface area contributed by atoms with Gasteiger partial charge in [0, 0.05) is 0 Å². The molecule has 0 aromatic heterocycles. The Bertz CT molecular complexity index is 103. The third kappa shape index (κ3) is 7.66. The highest BCUT2D eigenvalue weighted by atomic mass is 28.2. The van der Waals surface area contributed by atoms with Crippen LogP contribution in [0, 0.1) is 0 Å². The van der Waals surface area contributed by atoms with E-state index in [0.29, 0.717) is 6.61 Å². The Morgan fingerprint density at radius 1 is 1.67 bits per heavy atom. The van der Waals surface area contributed by atoms with E-state index in [2.05, 4.69) is 26.1 Å². The minimum absolute atomic E-state index is 0.380. The quantitative estimate of drug-likeness (QED) is 0.325. The Hall–Kier alpha value is -0.343. The minimum atomic E-state index is -0.380. The first-order valence-corrected chi connectivity index (χ1v) is 4.48. The molecule has 0 bridgehead atoms. The van der Waals surface area contributed by atoms with Gasteiger partial charge < -0.3 is 4.43 Å². The predicted octanol–water partition coefficient (Wildman–Crippen LogP) is 1.20. The molecule has 0 heterocycles. The lowest BCUT2D eigenvalue weighted by atomic mass is 10.4. The van der Waals surface area contributed by atoms with E-state index in [1.807, 2.05) is 0 Å². The summed E-state index contributed by atoms with van der Waals surface area (Å²) in [7, 11) is -0.380. The Kier molecular flexibility index (Phi) is 5.57. The first-order chi connectivity index (χ1) is 4.27. The fraction of sp³-hybridized carbons (Fsp3) is 0.429. The summed E-state index contributed by atoms with van der Waals surface area (Å²) in [6, 6.07) is 0. The lowest BCUT2D eigenvalue weighted by Gasteiger charge is -1.93. The van der Waals surface area contributed by atoms with E-state index in [0.717, 1.165) is 0 Å². The standard InChI is InChI=1S/C7H14OSi/c1-4-5-8-9-6-7(2)3/h4,6H,1,5,9H2,2-3H3. The van der Waals surface area contributed by atoms with Crippen LogP contribution >= 0.6 is 0 Å². The molecule has 0 fully saturated rings. The second-order valence-corrected chi connectivity index (χ2v) is 3.26. The number of rotatable bonds is 4. The molecular formula is C7H14OSi. The summed E-state index contributed by atoms with van der Waals surface area (Å²) in [6.07, 6.45) is 1.78. The van der Waals surface area contributed by atoms with Crippen molar-refractivity contribution in [3.05, 3.63) is 23.9 Å². The summed E-state index contributed by atoms with van der Waals surface area (Å²) in [5, 5.41) is 0. The maximum Gasteiger partial charge on any atom is 0.185 e. The molecular weight excluding hydrogens is 128 g/mol. The second kappa shape index (κ2) is 5.79. The van der Waals surface area contributed by atoms with Gasteiger partial charge in [-0.25, -0.2) is 0 Å². The van der Waals surface area contributed by atoms with Gasteiger partial charge in [0.2, 0.25) is 0 Å². The smallest absolute Gasteiger partial charge is 0.185 e. The van der Waals surface area contributed by atoms with Gasteiger partial charge in [0.05, 0.1) is 6.61 Å². The minimum Gasteiger partial charge on any atom is -0.416 e. The monoisotopic (exact) mass is 142 g/mol. The maximum atomic E-state index is 5.24. The molecule has 0 saturated carbocycles. The van der Waals surface area contributed by atoms with E-state index in [1.165, 1.54) is 5.57 Å². The van der Waals surface area contributed by atoms with Gasteiger partial charge in [-0.2, -0.15) is 0 Å². The van der Waals surface area contributed by atoms with Gasteiger partial charge in [0.25, 0.3) is 0 Å². The molecule has 0 saturated heterocycles. The summed E-state index contributed by atoms with van der Waals surface area (Å²) in [4.78, 5) is 0.